The Kier molecular flexibility index (Phi) is 5.58. The third kappa shape index (κ3) is 5.02. The zero-order valence-corrected chi connectivity index (χ0v) is 9.89. The van der Waals surface area contributed by atoms with Gasteiger partial charge in [-0.2, -0.15) is 0 Å². The van der Waals surface area contributed by atoms with Gasteiger partial charge in [-0.15, -0.1) is 0 Å². The van der Waals surface area contributed by atoms with Crippen LogP contribution in [0.25, 0.3) is 6.08 Å². The molecule has 0 aromatic heterocycles. The zero-order chi connectivity index (χ0) is 12.5. The predicted molar refractivity (Wildman–Crippen MR) is 67.8 cm³/mol. The maximum atomic E-state index is 10.7. The van der Waals surface area contributed by atoms with Crippen molar-refractivity contribution in [2.45, 2.75) is 6.92 Å². The van der Waals surface area contributed by atoms with E-state index in [4.69, 9.17) is 9.47 Å². The number of benzene rings is 1. The van der Waals surface area contributed by atoms with Crippen molar-refractivity contribution in [3.63, 3.8) is 0 Å². The number of carbonyl (C=O) groups excluding carboxylic acids is 1. The predicted octanol–water partition coefficient (Wildman–Crippen LogP) is 2.83. The second-order valence-corrected chi connectivity index (χ2v) is 3.29. The van der Waals surface area contributed by atoms with Crippen molar-refractivity contribution in [3.05, 3.63) is 48.6 Å². The number of ether oxygens (including phenoxy) is 2. The van der Waals surface area contributed by atoms with E-state index in [9.17, 15) is 4.79 Å². The smallest absolute Gasteiger partial charge is 0.330 e. The Morgan fingerprint density at radius 1 is 1.29 bits per heavy atom. The average Bonchev–Trinajstić information content (AvgIpc) is 2.36. The highest BCUT2D eigenvalue weighted by atomic mass is 16.6. The second-order valence-electron chi connectivity index (χ2n) is 3.29. The lowest BCUT2D eigenvalue weighted by atomic mass is 10.2. The summed E-state index contributed by atoms with van der Waals surface area (Å²) in [5.74, 6) is 0.324. The normalized spacial score (nSPS) is 10.2. The van der Waals surface area contributed by atoms with E-state index in [1.807, 2.05) is 43.3 Å². The Balaban J connectivity index is 2.32. The molecule has 0 bridgehead atoms. The minimum Gasteiger partial charge on any atom is -0.490 e. The summed E-state index contributed by atoms with van der Waals surface area (Å²) >= 11 is 0. The molecule has 0 saturated heterocycles. The summed E-state index contributed by atoms with van der Waals surface area (Å²) in [5.41, 5.74) is 1.12. The molecule has 3 heteroatoms. The van der Waals surface area contributed by atoms with Gasteiger partial charge in [-0.3, -0.25) is 0 Å². The van der Waals surface area contributed by atoms with E-state index in [1.165, 1.54) is 0 Å². The summed E-state index contributed by atoms with van der Waals surface area (Å²) < 4.78 is 10.2. The first-order valence-electron chi connectivity index (χ1n) is 5.41. The molecule has 0 amide bonds. The van der Waals surface area contributed by atoms with Gasteiger partial charge in [0.1, 0.15) is 19.0 Å². The lowest BCUT2D eigenvalue weighted by Gasteiger charge is -2.06. The number of esters is 1. The standard InChI is InChI=1S/C14H16O3/c1-3-5-12-6-8-13(9-7-12)16-10-11-17-14(15)4-2/h3-9H,2,10-11H2,1H3/b5-3+. The lowest BCUT2D eigenvalue weighted by molar-refractivity contribution is -0.138. The first-order valence-corrected chi connectivity index (χ1v) is 5.41. The fourth-order valence-electron chi connectivity index (χ4n) is 1.23. The van der Waals surface area contributed by atoms with Crippen molar-refractivity contribution in [1.82, 2.24) is 0 Å². The van der Waals surface area contributed by atoms with Crippen molar-refractivity contribution in [3.8, 4) is 5.75 Å². The number of hydrogen-bond donors (Lipinski definition) is 0. The molecule has 0 fully saturated rings. The minimum atomic E-state index is -0.433. The van der Waals surface area contributed by atoms with Crippen molar-refractivity contribution in [1.29, 1.82) is 0 Å². The van der Waals surface area contributed by atoms with Gasteiger partial charge in [0.15, 0.2) is 0 Å². The number of hydrogen-bond acceptors (Lipinski definition) is 3. The average molecular weight is 232 g/mol. The molecule has 17 heavy (non-hydrogen) atoms. The van der Waals surface area contributed by atoms with Crippen molar-refractivity contribution in [2.75, 3.05) is 13.2 Å². The fourth-order valence-corrected chi connectivity index (χ4v) is 1.23. The van der Waals surface area contributed by atoms with Crippen LogP contribution in [-0.2, 0) is 9.53 Å². The maximum Gasteiger partial charge on any atom is 0.330 e. The Hall–Kier alpha value is -2.03. The van der Waals surface area contributed by atoms with Crippen LogP contribution in [0.3, 0.4) is 0 Å². The number of allylic oxidation sites excluding steroid dienone is 1. The van der Waals surface area contributed by atoms with Gasteiger partial charge in [0.25, 0.3) is 0 Å². The molecule has 0 saturated carbocycles. The van der Waals surface area contributed by atoms with Gasteiger partial charge >= 0.3 is 5.97 Å². The van der Waals surface area contributed by atoms with Crippen LogP contribution in [0.1, 0.15) is 12.5 Å². The molecular formula is C14H16O3. The van der Waals surface area contributed by atoms with Crippen LogP contribution in [0.15, 0.2) is 43.0 Å². The van der Waals surface area contributed by atoms with Gasteiger partial charge in [0.05, 0.1) is 0 Å². The lowest BCUT2D eigenvalue weighted by Crippen LogP contribution is -2.10. The van der Waals surface area contributed by atoms with Gasteiger partial charge in [-0.25, -0.2) is 4.79 Å². The fraction of sp³-hybridized carbons (Fsp3) is 0.214. The van der Waals surface area contributed by atoms with Crippen LogP contribution in [0.2, 0.25) is 0 Å². The van der Waals surface area contributed by atoms with E-state index in [0.717, 1.165) is 17.4 Å². The molecule has 0 heterocycles. The van der Waals surface area contributed by atoms with E-state index in [0.29, 0.717) is 6.61 Å². The first-order chi connectivity index (χ1) is 8.26. The van der Waals surface area contributed by atoms with Gasteiger partial charge in [0.2, 0.25) is 0 Å². The van der Waals surface area contributed by atoms with Crippen molar-refractivity contribution >= 4 is 12.0 Å². The second kappa shape index (κ2) is 7.28. The molecule has 1 rings (SSSR count). The van der Waals surface area contributed by atoms with Gasteiger partial charge in [-0.1, -0.05) is 30.9 Å². The maximum absolute atomic E-state index is 10.7. The highest BCUT2D eigenvalue weighted by Gasteiger charge is 1.96. The summed E-state index contributed by atoms with van der Waals surface area (Å²) in [6, 6.07) is 7.69. The molecule has 0 unspecified atom stereocenters. The van der Waals surface area contributed by atoms with Crippen LogP contribution in [0.5, 0.6) is 5.75 Å². The van der Waals surface area contributed by atoms with Crippen molar-refractivity contribution in [2.24, 2.45) is 0 Å². The van der Waals surface area contributed by atoms with Gasteiger partial charge in [-0.05, 0) is 24.6 Å². The molecule has 0 radical (unpaired) electrons. The van der Waals surface area contributed by atoms with Crippen LogP contribution >= 0.6 is 0 Å². The van der Waals surface area contributed by atoms with E-state index < -0.39 is 5.97 Å². The third-order valence-corrected chi connectivity index (χ3v) is 2.00. The van der Waals surface area contributed by atoms with Gasteiger partial charge in [0, 0.05) is 6.08 Å². The SMILES string of the molecule is C=CC(=O)OCCOc1ccc(/C=C/C)cc1. The molecular weight excluding hydrogens is 216 g/mol. The monoisotopic (exact) mass is 232 g/mol. The van der Waals surface area contributed by atoms with E-state index in [-0.39, 0.29) is 6.61 Å². The summed E-state index contributed by atoms with van der Waals surface area (Å²) in [7, 11) is 0. The quantitative estimate of drug-likeness (QED) is 0.430. The third-order valence-electron chi connectivity index (χ3n) is 2.00. The van der Waals surface area contributed by atoms with Gasteiger partial charge < -0.3 is 9.47 Å². The van der Waals surface area contributed by atoms with Crippen LogP contribution < -0.4 is 4.74 Å². The highest BCUT2D eigenvalue weighted by molar-refractivity contribution is 5.81. The van der Waals surface area contributed by atoms with E-state index in [1.54, 1.807) is 0 Å². The molecule has 0 aliphatic rings. The Morgan fingerprint density at radius 3 is 2.59 bits per heavy atom. The van der Waals surface area contributed by atoms with E-state index in [2.05, 4.69) is 6.58 Å². The largest absolute Gasteiger partial charge is 0.490 e. The molecule has 0 aliphatic carbocycles. The van der Waals surface area contributed by atoms with E-state index >= 15 is 0 Å². The molecule has 0 atom stereocenters. The van der Waals surface area contributed by atoms with Crippen LogP contribution in [-0.4, -0.2) is 19.2 Å². The highest BCUT2D eigenvalue weighted by Crippen LogP contribution is 2.12. The Labute approximate surface area is 101 Å². The molecule has 1 aromatic rings. The summed E-state index contributed by atoms with van der Waals surface area (Å²) in [6.07, 6.45) is 5.12. The summed E-state index contributed by atoms with van der Waals surface area (Å²) in [6.45, 7) is 5.83. The molecule has 3 nitrogen and oxygen atoms in total. The first kappa shape index (κ1) is 13.0. The minimum absolute atomic E-state index is 0.224. The zero-order valence-electron chi connectivity index (χ0n) is 9.89. The molecule has 1 aromatic carbocycles. The summed E-state index contributed by atoms with van der Waals surface area (Å²) in [5, 5.41) is 0. The number of rotatable bonds is 6. The Bertz CT molecular complexity index is 390. The Morgan fingerprint density at radius 2 is 2.00 bits per heavy atom. The molecule has 0 N–H and O–H groups in total. The molecule has 0 aliphatic heterocycles. The van der Waals surface area contributed by atoms with Crippen LogP contribution in [0, 0.1) is 0 Å². The summed E-state index contributed by atoms with van der Waals surface area (Å²) in [4.78, 5) is 10.7. The molecule has 0 spiro atoms. The van der Waals surface area contributed by atoms with Crippen LogP contribution in [0.4, 0.5) is 0 Å². The van der Waals surface area contributed by atoms with Crippen molar-refractivity contribution < 1.29 is 14.3 Å². The number of carbonyl (C=O) groups is 1. The molecule has 90 valence electrons. The topological polar surface area (TPSA) is 35.5 Å².